The van der Waals surface area contributed by atoms with E-state index in [9.17, 15) is 30.8 Å². The summed E-state index contributed by atoms with van der Waals surface area (Å²) in [5, 5.41) is 2.66. The Balaban J connectivity index is 1.47. The van der Waals surface area contributed by atoms with Crippen LogP contribution in [0.1, 0.15) is 31.2 Å². The van der Waals surface area contributed by atoms with E-state index in [1.807, 2.05) is 4.90 Å². The van der Waals surface area contributed by atoms with Crippen molar-refractivity contribution in [2.45, 2.75) is 36.8 Å². The van der Waals surface area contributed by atoms with Crippen LogP contribution in [0.3, 0.4) is 0 Å². The smallest absolute Gasteiger partial charge is 0.370 e. The molecule has 0 aromatic heterocycles. The molecule has 1 N–H and O–H groups in total. The lowest BCUT2D eigenvalue weighted by Gasteiger charge is -2.31. The molecule has 2 aromatic carbocycles. The van der Waals surface area contributed by atoms with Gasteiger partial charge in [0.25, 0.3) is 0 Å². The summed E-state index contributed by atoms with van der Waals surface area (Å²) in [6.07, 6.45) is -2.35. The predicted molar refractivity (Wildman–Crippen MR) is 119 cm³/mol. The Kier molecular flexibility index (Phi) is 6.86. The van der Waals surface area contributed by atoms with E-state index in [2.05, 4.69) is 5.32 Å². The molecular formula is C23H25F4N3O3S. The SMILES string of the molecule is O=C(Nc1cc(C(F)(F)F)ccc1N1CCCC1)C1CCN(S(=O)(=O)c2ccccc2F)CC1. The molecule has 2 fully saturated rings. The van der Waals surface area contributed by atoms with Crippen LogP contribution < -0.4 is 10.2 Å². The van der Waals surface area contributed by atoms with Crippen LogP contribution in [-0.2, 0) is 21.0 Å². The highest BCUT2D eigenvalue weighted by Crippen LogP contribution is 2.37. The standard InChI is InChI=1S/C23H25F4N3O3S/c24-18-5-1-2-6-21(18)34(32,33)30-13-9-16(10-14-30)22(31)28-19-15-17(23(25,26)27)7-8-20(19)29-11-3-4-12-29/h1-2,5-8,15-16H,3-4,9-14H2,(H,28,31). The number of piperidine rings is 1. The molecule has 2 saturated heterocycles. The largest absolute Gasteiger partial charge is 0.416 e. The molecule has 184 valence electrons. The van der Waals surface area contributed by atoms with Gasteiger partial charge in [0.05, 0.1) is 16.9 Å². The average Bonchev–Trinajstić information content (AvgIpc) is 3.33. The lowest BCUT2D eigenvalue weighted by Crippen LogP contribution is -2.41. The van der Waals surface area contributed by atoms with E-state index in [4.69, 9.17) is 0 Å². The Bertz CT molecular complexity index is 1160. The zero-order valence-electron chi connectivity index (χ0n) is 18.3. The minimum atomic E-state index is -4.55. The number of sulfonamides is 1. The molecule has 11 heteroatoms. The number of halogens is 4. The van der Waals surface area contributed by atoms with E-state index in [1.54, 1.807) is 0 Å². The van der Waals surface area contributed by atoms with E-state index in [1.165, 1.54) is 24.3 Å². The average molecular weight is 500 g/mol. The van der Waals surface area contributed by atoms with Gasteiger partial charge in [0.15, 0.2) is 0 Å². The Morgan fingerprint density at radius 3 is 2.24 bits per heavy atom. The highest BCUT2D eigenvalue weighted by atomic mass is 32.2. The lowest BCUT2D eigenvalue weighted by molar-refractivity contribution is -0.137. The maximum absolute atomic E-state index is 14.0. The number of hydrogen-bond donors (Lipinski definition) is 1. The van der Waals surface area contributed by atoms with Gasteiger partial charge in [-0.2, -0.15) is 17.5 Å². The van der Waals surface area contributed by atoms with Crippen molar-refractivity contribution >= 4 is 27.3 Å². The van der Waals surface area contributed by atoms with Gasteiger partial charge in [-0.15, -0.1) is 0 Å². The summed E-state index contributed by atoms with van der Waals surface area (Å²) in [5.74, 6) is -1.88. The van der Waals surface area contributed by atoms with E-state index >= 15 is 0 Å². The highest BCUT2D eigenvalue weighted by Gasteiger charge is 2.35. The van der Waals surface area contributed by atoms with Crippen molar-refractivity contribution in [1.82, 2.24) is 4.31 Å². The third kappa shape index (κ3) is 5.05. The van der Waals surface area contributed by atoms with Crippen LogP contribution in [0.4, 0.5) is 28.9 Å². The number of nitrogens with one attached hydrogen (secondary N) is 1. The first-order valence-electron chi connectivity index (χ1n) is 11.1. The molecule has 0 unspecified atom stereocenters. The summed E-state index contributed by atoms with van der Waals surface area (Å²) in [7, 11) is -4.05. The second-order valence-corrected chi connectivity index (χ2v) is 10.4. The molecule has 2 aromatic rings. The number of benzene rings is 2. The number of carbonyl (C=O) groups excluding carboxylic acids is 1. The summed E-state index contributed by atoms with van der Waals surface area (Å²) >= 11 is 0. The van der Waals surface area contributed by atoms with Crippen LogP contribution in [0.5, 0.6) is 0 Å². The number of anilines is 2. The van der Waals surface area contributed by atoms with E-state index in [0.29, 0.717) is 18.8 Å². The van der Waals surface area contributed by atoms with E-state index < -0.39 is 44.3 Å². The van der Waals surface area contributed by atoms with Crippen molar-refractivity contribution in [3.8, 4) is 0 Å². The first kappa shape index (κ1) is 24.5. The van der Waals surface area contributed by atoms with Gasteiger partial charge in [-0.25, -0.2) is 12.8 Å². The van der Waals surface area contributed by atoms with Crippen LogP contribution in [0.25, 0.3) is 0 Å². The Morgan fingerprint density at radius 2 is 1.62 bits per heavy atom. The van der Waals surface area contributed by atoms with Crippen molar-refractivity contribution in [2.24, 2.45) is 5.92 Å². The van der Waals surface area contributed by atoms with E-state index in [-0.39, 0.29) is 31.6 Å². The van der Waals surface area contributed by atoms with Gasteiger partial charge in [-0.3, -0.25) is 4.79 Å². The number of nitrogens with zero attached hydrogens (tertiary/aromatic N) is 2. The van der Waals surface area contributed by atoms with Crippen molar-refractivity contribution in [3.63, 3.8) is 0 Å². The summed E-state index contributed by atoms with van der Waals surface area (Å²) in [6, 6.07) is 8.43. The van der Waals surface area contributed by atoms with Crippen molar-refractivity contribution < 1.29 is 30.8 Å². The first-order chi connectivity index (χ1) is 16.1. The third-order valence-corrected chi connectivity index (χ3v) is 8.24. The van der Waals surface area contributed by atoms with Crippen LogP contribution in [0, 0.1) is 11.7 Å². The molecule has 4 rings (SSSR count). The molecule has 0 radical (unpaired) electrons. The molecule has 0 aliphatic carbocycles. The monoisotopic (exact) mass is 499 g/mol. The molecule has 0 saturated carbocycles. The number of carbonyl (C=O) groups is 1. The van der Waals surface area contributed by atoms with Gasteiger partial charge >= 0.3 is 6.18 Å². The van der Waals surface area contributed by atoms with Crippen LogP contribution >= 0.6 is 0 Å². The zero-order chi connectivity index (χ0) is 24.5. The number of rotatable bonds is 5. The molecular weight excluding hydrogens is 474 g/mol. The summed E-state index contributed by atoms with van der Waals surface area (Å²) in [4.78, 5) is 14.5. The first-order valence-corrected chi connectivity index (χ1v) is 12.5. The molecule has 0 spiro atoms. The minimum absolute atomic E-state index is 0.0102. The number of alkyl halides is 3. The summed E-state index contributed by atoms with van der Waals surface area (Å²) in [6.45, 7) is 1.41. The lowest BCUT2D eigenvalue weighted by atomic mass is 9.97. The van der Waals surface area contributed by atoms with Crippen LogP contribution in [0.2, 0.25) is 0 Å². The molecule has 6 nitrogen and oxygen atoms in total. The second kappa shape index (κ2) is 9.53. The van der Waals surface area contributed by atoms with Gasteiger partial charge in [-0.05, 0) is 56.0 Å². The van der Waals surface area contributed by atoms with Crippen molar-refractivity contribution in [3.05, 3.63) is 53.8 Å². The van der Waals surface area contributed by atoms with Gasteiger partial charge in [-0.1, -0.05) is 12.1 Å². The number of hydrogen-bond acceptors (Lipinski definition) is 4. The topological polar surface area (TPSA) is 69.7 Å². The molecule has 1 amide bonds. The fraction of sp³-hybridized carbons (Fsp3) is 0.435. The molecule has 2 aliphatic rings. The van der Waals surface area contributed by atoms with Crippen LogP contribution in [-0.4, -0.2) is 44.8 Å². The van der Waals surface area contributed by atoms with Crippen molar-refractivity contribution in [2.75, 3.05) is 36.4 Å². The molecule has 2 aliphatic heterocycles. The molecule has 34 heavy (non-hydrogen) atoms. The Labute approximate surface area is 195 Å². The summed E-state index contributed by atoms with van der Waals surface area (Å²) in [5.41, 5.74) is -0.210. The Hall–Kier alpha value is -2.66. The van der Waals surface area contributed by atoms with Gasteiger partial charge in [0.2, 0.25) is 15.9 Å². The summed E-state index contributed by atoms with van der Waals surface area (Å²) < 4.78 is 80.5. The predicted octanol–water partition coefficient (Wildman–Crippen LogP) is 4.48. The van der Waals surface area contributed by atoms with Gasteiger partial charge < -0.3 is 10.2 Å². The van der Waals surface area contributed by atoms with E-state index in [0.717, 1.165) is 35.3 Å². The fourth-order valence-corrected chi connectivity index (χ4v) is 5.97. The molecule has 0 atom stereocenters. The molecule has 0 bridgehead atoms. The maximum Gasteiger partial charge on any atom is 0.416 e. The van der Waals surface area contributed by atoms with Gasteiger partial charge in [0.1, 0.15) is 10.7 Å². The Morgan fingerprint density at radius 1 is 0.971 bits per heavy atom. The zero-order valence-corrected chi connectivity index (χ0v) is 19.1. The molecule has 2 heterocycles. The minimum Gasteiger partial charge on any atom is -0.370 e. The highest BCUT2D eigenvalue weighted by molar-refractivity contribution is 7.89. The second-order valence-electron chi connectivity index (χ2n) is 8.52. The van der Waals surface area contributed by atoms with Crippen LogP contribution in [0.15, 0.2) is 47.4 Å². The fourth-order valence-electron chi connectivity index (χ4n) is 4.43. The number of amides is 1. The van der Waals surface area contributed by atoms with Gasteiger partial charge in [0, 0.05) is 32.1 Å². The maximum atomic E-state index is 14.0. The quantitative estimate of drug-likeness (QED) is 0.616. The third-order valence-electron chi connectivity index (χ3n) is 6.31. The van der Waals surface area contributed by atoms with Crippen molar-refractivity contribution in [1.29, 1.82) is 0 Å². The normalized spacial score (nSPS) is 18.3.